The summed E-state index contributed by atoms with van der Waals surface area (Å²) >= 11 is 0. The van der Waals surface area contributed by atoms with Crippen LogP contribution in [-0.2, 0) is 6.42 Å². The van der Waals surface area contributed by atoms with E-state index in [-0.39, 0.29) is 11.1 Å². The van der Waals surface area contributed by atoms with Crippen LogP contribution in [0.25, 0.3) is 0 Å². The average molecular weight is 206 g/mol. The van der Waals surface area contributed by atoms with Gasteiger partial charge in [0.2, 0.25) is 0 Å². The van der Waals surface area contributed by atoms with Crippen molar-refractivity contribution in [3.8, 4) is 0 Å². The summed E-state index contributed by atoms with van der Waals surface area (Å²) in [6.45, 7) is 1.74. The highest BCUT2D eigenvalue weighted by Gasteiger charge is 2.14. The number of benzene rings is 1. The Morgan fingerprint density at radius 2 is 1.36 bits per heavy atom. The Bertz CT molecular complexity index is 281. The van der Waals surface area contributed by atoms with E-state index < -0.39 is 12.9 Å². The Hall–Kier alpha value is -1.06. The summed E-state index contributed by atoms with van der Waals surface area (Å²) in [7, 11) is 0. The second-order valence-corrected chi connectivity index (χ2v) is 2.96. The van der Waals surface area contributed by atoms with Crippen LogP contribution >= 0.6 is 0 Å². The van der Waals surface area contributed by atoms with E-state index in [9.17, 15) is 17.6 Å². The highest BCUT2D eigenvalue weighted by molar-refractivity contribution is 5.31. The van der Waals surface area contributed by atoms with Crippen LogP contribution in [-0.4, -0.2) is 0 Å². The summed E-state index contributed by atoms with van der Waals surface area (Å²) in [5.74, 6) is 0. The molecular weight excluding hydrogens is 196 g/mol. The predicted octanol–water partition coefficient (Wildman–Crippen LogP) is 4.12. The molecule has 0 saturated carbocycles. The van der Waals surface area contributed by atoms with E-state index in [0.717, 1.165) is 6.07 Å². The molecule has 14 heavy (non-hydrogen) atoms. The van der Waals surface area contributed by atoms with Crippen LogP contribution in [0.5, 0.6) is 0 Å². The molecule has 0 aliphatic heterocycles. The quantitative estimate of drug-likeness (QED) is 0.652. The van der Waals surface area contributed by atoms with Crippen LogP contribution in [0.2, 0.25) is 0 Å². The second kappa shape index (κ2) is 4.44. The van der Waals surface area contributed by atoms with Gasteiger partial charge < -0.3 is 0 Å². The van der Waals surface area contributed by atoms with E-state index in [0.29, 0.717) is 12.0 Å². The van der Waals surface area contributed by atoms with Gasteiger partial charge in [-0.05, 0) is 18.1 Å². The van der Waals surface area contributed by atoms with Crippen molar-refractivity contribution in [3.63, 3.8) is 0 Å². The average Bonchev–Trinajstić information content (AvgIpc) is 2.16. The van der Waals surface area contributed by atoms with Crippen molar-refractivity contribution < 1.29 is 17.6 Å². The minimum Gasteiger partial charge on any atom is -0.205 e. The zero-order valence-corrected chi connectivity index (χ0v) is 7.61. The van der Waals surface area contributed by atoms with Gasteiger partial charge in [0.25, 0.3) is 12.9 Å². The van der Waals surface area contributed by atoms with Crippen molar-refractivity contribution in [1.29, 1.82) is 0 Å². The highest BCUT2D eigenvalue weighted by Crippen LogP contribution is 2.27. The highest BCUT2D eigenvalue weighted by atomic mass is 19.3. The molecule has 78 valence electrons. The molecule has 1 aromatic carbocycles. The Morgan fingerprint density at radius 3 is 1.64 bits per heavy atom. The van der Waals surface area contributed by atoms with Crippen LogP contribution in [0.3, 0.4) is 0 Å². The molecule has 0 amide bonds. The van der Waals surface area contributed by atoms with E-state index in [1.165, 1.54) is 12.1 Å². The first-order valence-electron chi connectivity index (χ1n) is 4.24. The van der Waals surface area contributed by atoms with Crippen molar-refractivity contribution in [1.82, 2.24) is 0 Å². The number of halogens is 4. The van der Waals surface area contributed by atoms with E-state index in [4.69, 9.17) is 0 Å². The summed E-state index contributed by atoms with van der Waals surface area (Å²) in [6, 6.07) is 3.38. The lowest BCUT2D eigenvalue weighted by Crippen LogP contribution is -1.93. The van der Waals surface area contributed by atoms with E-state index in [1.807, 2.05) is 0 Å². The van der Waals surface area contributed by atoms with Gasteiger partial charge in [-0.1, -0.05) is 19.1 Å². The topological polar surface area (TPSA) is 0 Å². The molecule has 1 rings (SSSR count). The molecule has 0 radical (unpaired) electrons. The molecule has 1 aromatic rings. The van der Waals surface area contributed by atoms with Crippen molar-refractivity contribution in [2.75, 3.05) is 0 Å². The molecule has 0 N–H and O–H groups in total. The summed E-state index contributed by atoms with van der Waals surface area (Å²) < 4.78 is 49.1. The Balaban J connectivity index is 3.13. The maximum absolute atomic E-state index is 12.3. The molecule has 0 saturated heterocycles. The van der Waals surface area contributed by atoms with Gasteiger partial charge in [0, 0.05) is 11.1 Å². The first-order valence-corrected chi connectivity index (χ1v) is 4.24. The SMILES string of the molecule is CCc1cc(C(F)F)cc(C(F)F)c1. The summed E-state index contributed by atoms with van der Waals surface area (Å²) in [5.41, 5.74) is -0.155. The van der Waals surface area contributed by atoms with Crippen LogP contribution in [0, 0.1) is 0 Å². The molecule has 0 aliphatic rings. The largest absolute Gasteiger partial charge is 0.263 e. The molecule has 0 fully saturated rings. The monoisotopic (exact) mass is 206 g/mol. The lowest BCUT2D eigenvalue weighted by molar-refractivity contribution is 0.144. The second-order valence-electron chi connectivity index (χ2n) is 2.96. The Kier molecular flexibility index (Phi) is 3.49. The van der Waals surface area contributed by atoms with E-state index in [1.54, 1.807) is 6.92 Å². The zero-order chi connectivity index (χ0) is 10.7. The fourth-order valence-electron chi connectivity index (χ4n) is 1.20. The van der Waals surface area contributed by atoms with Gasteiger partial charge in [0.15, 0.2) is 0 Å². The van der Waals surface area contributed by atoms with Crippen molar-refractivity contribution in [2.24, 2.45) is 0 Å². The standard InChI is InChI=1S/C10H10F4/c1-2-6-3-7(9(11)12)5-8(4-6)10(13)14/h3-5,9-10H,2H2,1H3. The van der Waals surface area contributed by atoms with Gasteiger partial charge in [-0.3, -0.25) is 0 Å². The Labute approximate surface area is 79.6 Å². The lowest BCUT2D eigenvalue weighted by Gasteiger charge is -2.07. The molecule has 0 heterocycles. The molecule has 4 heteroatoms. The normalized spacial score (nSPS) is 11.4. The number of rotatable bonds is 3. The molecule has 0 atom stereocenters. The number of hydrogen-bond donors (Lipinski definition) is 0. The molecule has 0 nitrogen and oxygen atoms in total. The van der Waals surface area contributed by atoms with Gasteiger partial charge in [0.05, 0.1) is 0 Å². The minimum atomic E-state index is -2.70. The van der Waals surface area contributed by atoms with Gasteiger partial charge in [-0.2, -0.15) is 0 Å². The first-order chi connectivity index (χ1) is 6.54. The maximum atomic E-state index is 12.3. The number of alkyl halides is 4. The van der Waals surface area contributed by atoms with Crippen molar-refractivity contribution >= 4 is 0 Å². The first kappa shape index (κ1) is 11.0. The van der Waals surface area contributed by atoms with Crippen molar-refractivity contribution in [2.45, 2.75) is 26.2 Å². The third-order valence-corrected chi connectivity index (χ3v) is 1.95. The van der Waals surface area contributed by atoms with E-state index >= 15 is 0 Å². The fraction of sp³-hybridized carbons (Fsp3) is 0.400. The third-order valence-electron chi connectivity index (χ3n) is 1.95. The van der Waals surface area contributed by atoms with Gasteiger partial charge in [0.1, 0.15) is 0 Å². The minimum absolute atomic E-state index is 0.334. The van der Waals surface area contributed by atoms with Crippen LogP contribution in [0.1, 0.15) is 36.5 Å². The van der Waals surface area contributed by atoms with Gasteiger partial charge in [-0.15, -0.1) is 0 Å². The maximum Gasteiger partial charge on any atom is 0.263 e. The molecule has 0 bridgehead atoms. The van der Waals surface area contributed by atoms with Crippen LogP contribution in [0.15, 0.2) is 18.2 Å². The molecular formula is C10H10F4. The smallest absolute Gasteiger partial charge is 0.205 e. The van der Waals surface area contributed by atoms with Crippen LogP contribution < -0.4 is 0 Å². The van der Waals surface area contributed by atoms with Gasteiger partial charge in [-0.25, -0.2) is 17.6 Å². The summed E-state index contributed by atoms with van der Waals surface area (Å²) in [6.07, 6.45) is -4.92. The number of aryl methyl sites for hydroxylation is 1. The molecule has 0 spiro atoms. The predicted molar refractivity (Wildman–Crippen MR) is 45.7 cm³/mol. The summed E-state index contributed by atoms with van der Waals surface area (Å²) in [4.78, 5) is 0. The third kappa shape index (κ3) is 2.47. The zero-order valence-electron chi connectivity index (χ0n) is 7.61. The molecule has 0 unspecified atom stereocenters. The fourth-order valence-corrected chi connectivity index (χ4v) is 1.20. The molecule has 0 aliphatic carbocycles. The van der Waals surface area contributed by atoms with Crippen molar-refractivity contribution in [3.05, 3.63) is 34.9 Å². The summed E-state index contributed by atoms with van der Waals surface area (Å²) in [5, 5.41) is 0. The van der Waals surface area contributed by atoms with Crippen LogP contribution in [0.4, 0.5) is 17.6 Å². The van der Waals surface area contributed by atoms with E-state index in [2.05, 4.69) is 0 Å². The lowest BCUT2D eigenvalue weighted by atomic mass is 10.0. The molecule has 0 aromatic heterocycles. The number of hydrogen-bond acceptors (Lipinski definition) is 0. The Morgan fingerprint density at radius 1 is 0.929 bits per heavy atom. The van der Waals surface area contributed by atoms with Gasteiger partial charge >= 0.3 is 0 Å².